The molecule has 2 amide bonds. The van der Waals surface area contributed by atoms with E-state index in [-0.39, 0.29) is 30.4 Å². The molecule has 0 aliphatic carbocycles. The fourth-order valence-electron chi connectivity index (χ4n) is 3.06. The van der Waals surface area contributed by atoms with Gasteiger partial charge in [0.25, 0.3) is 5.91 Å². The maximum absolute atomic E-state index is 13.0. The Morgan fingerprint density at radius 1 is 1.18 bits per heavy atom. The molecule has 0 aliphatic heterocycles. The maximum Gasteiger partial charge on any atom is 0.411 e. The number of aromatic nitrogens is 1. The van der Waals surface area contributed by atoms with Crippen LogP contribution in [-0.2, 0) is 13.1 Å². The minimum absolute atomic E-state index is 0.0530. The standard InChI is InChI=1S/C22H22ClN5O5/c1-12-18(19(28-33-12)15-3-5-17(32-2)6-4-15)20(29)26-21(27-22(30)31)25-11-14-7-13(10-24)8-16(23)9-14/h3-9H,10-11,24H2,1-2H3,(H,30,31)(H2,25,26,27,29). The van der Waals surface area contributed by atoms with Gasteiger partial charge in [0.05, 0.1) is 13.7 Å². The van der Waals surface area contributed by atoms with Crippen molar-refractivity contribution in [2.75, 3.05) is 7.11 Å². The fourth-order valence-corrected chi connectivity index (χ4v) is 3.34. The minimum atomic E-state index is -1.39. The summed E-state index contributed by atoms with van der Waals surface area (Å²) in [6, 6.07) is 12.1. The number of nitrogens with two attached hydrogens (primary N) is 1. The highest BCUT2D eigenvalue weighted by molar-refractivity contribution is 6.30. The molecular weight excluding hydrogens is 450 g/mol. The lowest BCUT2D eigenvalue weighted by Crippen LogP contribution is -2.43. The number of rotatable bonds is 6. The van der Waals surface area contributed by atoms with E-state index >= 15 is 0 Å². The van der Waals surface area contributed by atoms with Gasteiger partial charge in [0.1, 0.15) is 22.8 Å². The van der Waals surface area contributed by atoms with E-state index in [1.807, 2.05) is 0 Å². The number of guanidine groups is 1. The van der Waals surface area contributed by atoms with Gasteiger partial charge in [0.2, 0.25) is 5.96 Å². The molecular formula is C22H22ClN5O5. The van der Waals surface area contributed by atoms with Gasteiger partial charge in [-0.25, -0.2) is 9.79 Å². The third-order valence-electron chi connectivity index (χ3n) is 4.58. The van der Waals surface area contributed by atoms with Crippen LogP contribution in [0.5, 0.6) is 5.75 Å². The first-order valence-corrected chi connectivity index (χ1v) is 10.1. The second kappa shape index (κ2) is 10.6. The lowest BCUT2D eigenvalue weighted by Gasteiger charge is -2.10. The van der Waals surface area contributed by atoms with Crippen LogP contribution in [0.15, 0.2) is 52.0 Å². The Labute approximate surface area is 194 Å². The Morgan fingerprint density at radius 3 is 2.52 bits per heavy atom. The van der Waals surface area contributed by atoms with Crippen molar-refractivity contribution in [3.8, 4) is 17.0 Å². The molecule has 0 saturated carbocycles. The van der Waals surface area contributed by atoms with Crippen LogP contribution in [0.1, 0.15) is 27.2 Å². The molecule has 0 bridgehead atoms. The molecule has 3 aromatic rings. The number of aliphatic imine (C=N–C) groups is 1. The zero-order valence-corrected chi connectivity index (χ0v) is 18.6. The third kappa shape index (κ3) is 6.09. The zero-order chi connectivity index (χ0) is 24.0. The number of halogens is 1. The predicted octanol–water partition coefficient (Wildman–Crippen LogP) is 3.32. The van der Waals surface area contributed by atoms with Crippen LogP contribution in [-0.4, -0.2) is 35.3 Å². The van der Waals surface area contributed by atoms with E-state index in [1.54, 1.807) is 56.5 Å². The zero-order valence-electron chi connectivity index (χ0n) is 17.9. The number of carboxylic acid groups (broad SMARTS) is 1. The highest BCUT2D eigenvalue weighted by atomic mass is 35.5. The van der Waals surface area contributed by atoms with E-state index < -0.39 is 12.0 Å². The lowest BCUT2D eigenvalue weighted by molar-refractivity contribution is 0.0975. The molecule has 0 fully saturated rings. The summed E-state index contributed by atoms with van der Waals surface area (Å²) in [5.41, 5.74) is 8.22. The van der Waals surface area contributed by atoms with Crippen LogP contribution in [0.25, 0.3) is 11.3 Å². The first-order valence-electron chi connectivity index (χ1n) is 9.75. The van der Waals surface area contributed by atoms with Crippen molar-refractivity contribution in [1.82, 2.24) is 15.8 Å². The van der Waals surface area contributed by atoms with Crippen LogP contribution in [0.4, 0.5) is 4.79 Å². The molecule has 0 atom stereocenters. The molecule has 5 N–H and O–H groups in total. The smallest absolute Gasteiger partial charge is 0.411 e. The quantitative estimate of drug-likeness (QED) is 0.317. The minimum Gasteiger partial charge on any atom is -0.497 e. The van der Waals surface area contributed by atoms with Crippen molar-refractivity contribution < 1.29 is 24.0 Å². The van der Waals surface area contributed by atoms with Gasteiger partial charge in [-0.3, -0.25) is 15.4 Å². The molecule has 10 nitrogen and oxygen atoms in total. The van der Waals surface area contributed by atoms with E-state index in [2.05, 4.69) is 20.8 Å². The van der Waals surface area contributed by atoms with Gasteiger partial charge in [-0.05, 0) is 54.4 Å². The summed E-state index contributed by atoms with van der Waals surface area (Å²) in [5.74, 6) is 0.00291. The fraction of sp³-hybridized carbons (Fsp3) is 0.182. The first-order chi connectivity index (χ1) is 15.8. The average molecular weight is 472 g/mol. The lowest BCUT2D eigenvalue weighted by atomic mass is 10.1. The maximum atomic E-state index is 13.0. The predicted molar refractivity (Wildman–Crippen MR) is 122 cm³/mol. The van der Waals surface area contributed by atoms with Crippen molar-refractivity contribution in [1.29, 1.82) is 0 Å². The van der Waals surface area contributed by atoms with Gasteiger partial charge >= 0.3 is 6.09 Å². The average Bonchev–Trinajstić information content (AvgIpc) is 3.18. The summed E-state index contributed by atoms with van der Waals surface area (Å²) in [5, 5.41) is 18.2. The number of carbonyl (C=O) groups excluding carboxylic acids is 1. The molecule has 1 aromatic heterocycles. The number of methoxy groups -OCH3 is 1. The number of hydrogen-bond donors (Lipinski definition) is 4. The Kier molecular flexibility index (Phi) is 7.65. The van der Waals surface area contributed by atoms with E-state index in [9.17, 15) is 9.59 Å². The van der Waals surface area contributed by atoms with Gasteiger partial charge in [-0.2, -0.15) is 0 Å². The number of carbonyl (C=O) groups is 2. The second-order valence-electron chi connectivity index (χ2n) is 6.91. The van der Waals surface area contributed by atoms with Crippen molar-refractivity contribution in [2.24, 2.45) is 10.7 Å². The molecule has 0 saturated heterocycles. The van der Waals surface area contributed by atoms with Gasteiger partial charge in [-0.1, -0.05) is 22.8 Å². The summed E-state index contributed by atoms with van der Waals surface area (Å²) in [6.45, 7) is 1.92. The van der Waals surface area contributed by atoms with Crippen molar-refractivity contribution in [3.05, 3.63) is 69.9 Å². The number of hydrogen-bond acceptors (Lipinski definition) is 7. The van der Waals surface area contributed by atoms with Crippen molar-refractivity contribution in [2.45, 2.75) is 20.0 Å². The largest absolute Gasteiger partial charge is 0.497 e. The molecule has 172 valence electrons. The first kappa shape index (κ1) is 23.8. The summed E-state index contributed by atoms with van der Waals surface area (Å²) in [6.07, 6.45) is -1.39. The summed E-state index contributed by atoms with van der Waals surface area (Å²) >= 11 is 6.08. The molecule has 3 rings (SSSR count). The monoisotopic (exact) mass is 471 g/mol. The Balaban J connectivity index is 1.86. The van der Waals surface area contributed by atoms with E-state index in [4.69, 9.17) is 31.7 Å². The summed E-state index contributed by atoms with van der Waals surface area (Å²) in [7, 11) is 1.55. The number of ether oxygens (including phenoxy) is 1. The third-order valence-corrected chi connectivity index (χ3v) is 4.80. The normalized spacial score (nSPS) is 11.2. The Morgan fingerprint density at radius 2 is 1.88 bits per heavy atom. The van der Waals surface area contributed by atoms with Gasteiger partial charge in [0.15, 0.2) is 0 Å². The molecule has 0 radical (unpaired) electrons. The van der Waals surface area contributed by atoms with Gasteiger partial charge in [-0.15, -0.1) is 0 Å². The summed E-state index contributed by atoms with van der Waals surface area (Å²) in [4.78, 5) is 28.4. The van der Waals surface area contributed by atoms with Gasteiger partial charge < -0.3 is 20.1 Å². The van der Waals surface area contributed by atoms with E-state index in [0.717, 1.165) is 5.56 Å². The van der Waals surface area contributed by atoms with Crippen molar-refractivity contribution >= 4 is 29.6 Å². The topological polar surface area (TPSA) is 152 Å². The van der Waals surface area contributed by atoms with Crippen LogP contribution in [0.3, 0.4) is 0 Å². The molecule has 2 aromatic carbocycles. The van der Waals surface area contributed by atoms with E-state index in [0.29, 0.717) is 27.6 Å². The Hall–Kier alpha value is -3.89. The molecule has 0 aliphatic rings. The summed E-state index contributed by atoms with van der Waals surface area (Å²) < 4.78 is 10.4. The molecule has 33 heavy (non-hydrogen) atoms. The van der Waals surface area contributed by atoms with Crippen LogP contribution >= 0.6 is 11.6 Å². The van der Waals surface area contributed by atoms with Crippen LogP contribution < -0.4 is 21.1 Å². The number of amides is 2. The van der Waals surface area contributed by atoms with E-state index in [1.165, 1.54) is 0 Å². The van der Waals surface area contributed by atoms with Crippen LogP contribution in [0.2, 0.25) is 5.02 Å². The number of nitrogens with zero attached hydrogens (tertiary/aromatic N) is 2. The Bertz CT molecular complexity index is 1190. The number of nitrogens with one attached hydrogen (secondary N) is 2. The molecule has 0 spiro atoms. The molecule has 1 heterocycles. The highest BCUT2D eigenvalue weighted by Gasteiger charge is 2.23. The van der Waals surface area contributed by atoms with Crippen molar-refractivity contribution in [3.63, 3.8) is 0 Å². The SMILES string of the molecule is COc1ccc(-c2noc(C)c2C(=O)NC(=NCc2cc(Cl)cc(CN)c2)NC(=O)O)cc1. The molecule has 11 heteroatoms. The number of aryl methyl sites for hydroxylation is 1. The van der Waals surface area contributed by atoms with Crippen LogP contribution in [0, 0.1) is 6.92 Å². The highest BCUT2D eigenvalue weighted by Crippen LogP contribution is 2.27. The number of benzene rings is 2. The second-order valence-corrected chi connectivity index (χ2v) is 7.35. The molecule has 0 unspecified atom stereocenters. The van der Waals surface area contributed by atoms with Gasteiger partial charge in [0, 0.05) is 17.1 Å².